The highest BCUT2D eigenvalue weighted by Crippen LogP contribution is 2.42. The van der Waals surface area contributed by atoms with Crippen molar-refractivity contribution in [2.75, 3.05) is 0 Å². The van der Waals surface area contributed by atoms with Gasteiger partial charge in [0.2, 0.25) is 0 Å². The number of hydrogen-bond donors (Lipinski definition) is 1. The number of carbonyl (C=O) groups is 1. The Morgan fingerprint density at radius 1 is 1.47 bits per heavy atom. The fourth-order valence-electron chi connectivity index (χ4n) is 1.91. The molecular formula is C13H10N4O2. The van der Waals surface area contributed by atoms with Crippen LogP contribution in [0.4, 0.5) is 0 Å². The number of carboxylic acid groups (broad SMARTS) is 1. The molecule has 0 amide bonds. The maximum absolute atomic E-state index is 10.9. The Morgan fingerprint density at radius 3 is 2.89 bits per heavy atom. The van der Waals surface area contributed by atoms with E-state index in [0.29, 0.717) is 11.3 Å². The molecule has 0 unspecified atom stereocenters. The molecule has 94 valence electrons. The van der Waals surface area contributed by atoms with E-state index in [1.165, 1.54) is 6.07 Å². The van der Waals surface area contributed by atoms with E-state index in [-0.39, 0.29) is 5.69 Å². The van der Waals surface area contributed by atoms with Crippen LogP contribution in [-0.2, 0) is 5.54 Å². The molecule has 3 rings (SSSR count). The summed E-state index contributed by atoms with van der Waals surface area (Å²) in [5.41, 5.74) is 0.735. The lowest BCUT2D eigenvalue weighted by atomic mass is 10.2. The predicted molar refractivity (Wildman–Crippen MR) is 65.2 cm³/mol. The number of pyridine rings is 1. The number of nitrogens with zero attached hydrogens (tertiary/aromatic N) is 4. The molecule has 2 aromatic rings. The van der Waals surface area contributed by atoms with Gasteiger partial charge in [0, 0.05) is 11.8 Å². The second kappa shape index (κ2) is 3.92. The normalized spacial score (nSPS) is 15.7. The van der Waals surface area contributed by atoms with Gasteiger partial charge in [0.1, 0.15) is 11.2 Å². The molecule has 19 heavy (non-hydrogen) atoms. The molecule has 0 aromatic carbocycles. The largest absolute Gasteiger partial charge is 0.477 e. The number of nitriles is 1. The van der Waals surface area contributed by atoms with Gasteiger partial charge in [0.15, 0.2) is 0 Å². The van der Waals surface area contributed by atoms with E-state index in [0.717, 1.165) is 12.8 Å². The average Bonchev–Trinajstić information content (AvgIpc) is 3.08. The molecular weight excluding hydrogens is 244 g/mol. The zero-order valence-corrected chi connectivity index (χ0v) is 9.95. The highest BCUT2D eigenvalue weighted by Gasteiger charge is 2.46. The van der Waals surface area contributed by atoms with Crippen LogP contribution in [0.1, 0.15) is 23.3 Å². The molecule has 6 nitrogen and oxygen atoms in total. The third-order valence-corrected chi connectivity index (χ3v) is 3.22. The summed E-state index contributed by atoms with van der Waals surface area (Å²) in [6.07, 6.45) is 4.94. The summed E-state index contributed by atoms with van der Waals surface area (Å²) < 4.78 is 1.64. The summed E-state index contributed by atoms with van der Waals surface area (Å²) in [6.45, 7) is 0. The Kier molecular flexibility index (Phi) is 2.35. The lowest BCUT2D eigenvalue weighted by Gasteiger charge is -2.04. The van der Waals surface area contributed by atoms with Gasteiger partial charge in [-0.05, 0) is 25.0 Å². The molecule has 0 radical (unpaired) electrons. The Hall–Kier alpha value is -2.68. The quantitative estimate of drug-likeness (QED) is 0.899. The molecule has 0 saturated heterocycles. The molecule has 1 fully saturated rings. The standard InChI is InChI=1S/C13H10N4O2/c14-8-13(4-5-13)17-7-9(6-15-17)10-2-1-3-11(16-10)12(18)19/h1-3,6-7H,4-5H2,(H,18,19). The molecule has 1 saturated carbocycles. The highest BCUT2D eigenvalue weighted by atomic mass is 16.4. The van der Waals surface area contributed by atoms with Gasteiger partial charge in [-0.2, -0.15) is 10.4 Å². The van der Waals surface area contributed by atoms with Crippen molar-refractivity contribution in [1.29, 1.82) is 5.26 Å². The molecule has 2 heterocycles. The molecule has 1 aliphatic carbocycles. The second-order valence-electron chi connectivity index (χ2n) is 4.53. The van der Waals surface area contributed by atoms with Crippen LogP contribution < -0.4 is 0 Å². The zero-order valence-electron chi connectivity index (χ0n) is 9.95. The lowest BCUT2D eigenvalue weighted by Crippen LogP contribution is -2.14. The lowest BCUT2D eigenvalue weighted by molar-refractivity contribution is 0.0690. The smallest absolute Gasteiger partial charge is 0.354 e. The summed E-state index contributed by atoms with van der Waals surface area (Å²) in [5.74, 6) is -1.06. The van der Waals surface area contributed by atoms with E-state index >= 15 is 0 Å². The maximum Gasteiger partial charge on any atom is 0.354 e. The van der Waals surface area contributed by atoms with Gasteiger partial charge >= 0.3 is 5.97 Å². The number of hydrogen-bond acceptors (Lipinski definition) is 4. The van der Waals surface area contributed by atoms with Crippen molar-refractivity contribution >= 4 is 5.97 Å². The first-order valence-corrected chi connectivity index (χ1v) is 5.82. The van der Waals surface area contributed by atoms with E-state index in [2.05, 4.69) is 16.2 Å². The number of aromatic nitrogens is 3. The number of rotatable bonds is 3. The van der Waals surface area contributed by atoms with Gasteiger partial charge in [-0.3, -0.25) is 4.68 Å². The van der Waals surface area contributed by atoms with Crippen LogP contribution in [0.15, 0.2) is 30.6 Å². The Morgan fingerprint density at radius 2 is 2.26 bits per heavy atom. The first-order chi connectivity index (χ1) is 9.14. The molecule has 0 aliphatic heterocycles. The van der Waals surface area contributed by atoms with Crippen LogP contribution in [0.3, 0.4) is 0 Å². The molecule has 0 atom stereocenters. The average molecular weight is 254 g/mol. The van der Waals surface area contributed by atoms with Crippen LogP contribution in [0.2, 0.25) is 0 Å². The van der Waals surface area contributed by atoms with Crippen LogP contribution in [-0.4, -0.2) is 25.8 Å². The molecule has 1 N–H and O–H groups in total. The van der Waals surface area contributed by atoms with Crippen molar-refractivity contribution in [2.24, 2.45) is 0 Å². The minimum Gasteiger partial charge on any atom is -0.477 e. The van der Waals surface area contributed by atoms with Crippen molar-refractivity contribution in [3.05, 3.63) is 36.3 Å². The summed E-state index contributed by atoms with van der Waals surface area (Å²) in [7, 11) is 0. The summed E-state index contributed by atoms with van der Waals surface area (Å²) in [4.78, 5) is 14.9. The fraction of sp³-hybridized carbons (Fsp3) is 0.231. The molecule has 0 spiro atoms. The summed E-state index contributed by atoms with van der Waals surface area (Å²) in [6, 6.07) is 7.05. The first kappa shape index (κ1) is 11.4. The Balaban J connectivity index is 1.97. The summed E-state index contributed by atoms with van der Waals surface area (Å²) >= 11 is 0. The fourth-order valence-corrected chi connectivity index (χ4v) is 1.91. The van der Waals surface area contributed by atoms with Crippen LogP contribution in [0.25, 0.3) is 11.3 Å². The third-order valence-electron chi connectivity index (χ3n) is 3.22. The first-order valence-electron chi connectivity index (χ1n) is 5.82. The van der Waals surface area contributed by atoms with E-state index in [1.807, 2.05) is 0 Å². The van der Waals surface area contributed by atoms with Crippen molar-refractivity contribution in [1.82, 2.24) is 14.8 Å². The highest BCUT2D eigenvalue weighted by molar-refractivity contribution is 5.86. The maximum atomic E-state index is 10.9. The SMILES string of the molecule is N#CC1(n2cc(-c3cccc(C(=O)O)n3)cn2)CC1. The van der Waals surface area contributed by atoms with Crippen molar-refractivity contribution in [2.45, 2.75) is 18.4 Å². The van der Waals surface area contributed by atoms with Gasteiger partial charge in [-0.15, -0.1) is 0 Å². The second-order valence-corrected chi connectivity index (χ2v) is 4.53. The van der Waals surface area contributed by atoms with E-state index < -0.39 is 11.5 Å². The topological polar surface area (TPSA) is 91.8 Å². The molecule has 2 aromatic heterocycles. The van der Waals surface area contributed by atoms with E-state index in [1.54, 1.807) is 29.2 Å². The minimum absolute atomic E-state index is 0.00771. The third kappa shape index (κ3) is 1.85. The van der Waals surface area contributed by atoms with Crippen molar-refractivity contribution in [3.8, 4) is 17.3 Å². The van der Waals surface area contributed by atoms with Gasteiger partial charge in [0.05, 0.1) is 18.0 Å². The Labute approximate surface area is 108 Å². The monoisotopic (exact) mass is 254 g/mol. The van der Waals surface area contributed by atoms with Gasteiger partial charge < -0.3 is 5.11 Å². The van der Waals surface area contributed by atoms with Crippen LogP contribution >= 0.6 is 0 Å². The van der Waals surface area contributed by atoms with Gasteiger partial charge in [-0.25, -0.2) is 9.78 Å². The minimum atomic E-state index is -1.06. The van der Waals surface area contributed by atoms with E-state index in [9.17, 15) is 4.79 Å². The summed E-state index contributed by atoms with van der Waals surface area (Å²) in [5, 5.41) is 22.2. The number of aromatic carboxylic acids is 1. The van der Waals surface area contributed by atoms with Crippen molar-refractivity contribution < 1.29 is 9.90 Å². The van der Waals surface area contributed by atoms with Crippen LogP contribution in [0, 0.1) is 11.3 Å². The predicted octanol–water partition coefficient (Wildman–Crippen LogP) is 1.66. The van der Waals surface area contributed by atoms with Crippen LogP contribution in [0.5, 0.6) is 0 Å². The van der Waals surface area contributed by atoms with E-state index in [4.69, 9.17) is 10.4 Å². The number of carboxylic acids is 1. The molecule has 6 heteroatoms. The van der Waals surface area contributed by atoms with Crippen molar-refractivity contribution in [3.63, 3.8) is 0 Å². The molecule has 1 aliphatic rings. The van der Waals surface area contributed by atoms with Gasteiger partial charge in [0.25, 0.3) is 0 Å². The zero-order chi connectivity index (χ0) is 13.5. The van der Waals surface area contributed by atoms with Gasteiger partial charge in [-0.1, -0.05) is 6.07 Å². The Bertz CT molecular complexity index is 695. The molecule has 0 bridgehead atoms.